The van der Waals surface area contributed by atoms with E-state index in [0.717, 1.165) is 31.6 Å². The summed E-state index contributed by atoms with van der Waals surface area (Å²) in [5.74, 6) is 0.783. The van der Waals surface area contributed by atoms with Crippen molar-refractivity contribution < 1.29 is 5.11 Å². The number of nitrogens with two attached hydrogens (primary N) is 1. The molecule has 4 N–H and O–H groups in total. The van der Waals surface area contributed by atoms with Gasteiger partial charge in [-0.25, -0.2) is 0 Å². The van der Waals surface area contributed by atoms with Gasteiger partial charge in [0.1, 0.15) is 0 Å². The summed E-state index contributed by atoms with van der Waals surface area (Å²) in [6.07, 6.45) is 9.12. The van der Waals surface area contributed by atoms with Crippen molar-refractivity contribution in [2.45, 2.75) is 76.0 Å². The summed E-state index contributed by atoms with van der Waals surface area (Å²) in [5.41, 5.74) is 5.65. The van der Waals surface area contributed by atoms with Crippen LogP contribution >= 0.6 is 0 Å². The quantitative estimate of drug-likeness (QED) is 0.717. The van der Waals surface area contributed by atoms with Gasteiger partial charge < -0.3 is 16.2 Å². The largest absolute Gasteiger partial charge is 0.389 e. The van der Waals surface area contributed by atoms with Gasteiger partial charge in [0.2, 0.25) is 0 Å². The van der Waals surface area contributed by atoms with E-state index >= 15 is 0 Å². The number of aliphatic hydroxyl groups is 1. The molecule has 2 bridgehead atoms. The van der Waals surface area contributed by atoms with Crippen LogP contribution in [0.25, 0.3) is 0 Å². The molecular formula is C15H28N2O. The van der Waals surface area contributed by atoms with E-state index in [1.165, 1.54) is 25.7 Å². The lowest BCUT2D eigenvalue weighted by Gasteiger charge is -2.49. The standard InChI is InChI=1S/C15H28N2O/c1-2-11-5-6-14(7-11,10-16)15(18)8-12-3-4-13(9-15)17-12/h11-13,17-18H,2-10,16H2,1H3. The third-order valence-electron chi connectivity index (χ3n) is 6.17. The predicted molar refractivity (Wildman–Crippen MR) is 73.2 cm³/mol. The number of hydrogen-bond acceptors (Lipinski definition) is 3. The molecule has 2 saturated heterocycles. The van der Waals surface area contributed by atoms with Crippen LogP contribution in [0.3, 0.4) is 0 Å². The van der Waals surface area contributed by atoms with Gasteiger partial charge in [-0.1, -0.05) is 13.3 Å². The second-order valence-electron chi connectivity index (χ2n) is 7.08. The topological polar surface area (TPSA) is 58.3 Å². The molecule has 2 aliphatic heterocycles. The first kappa shape index (κ1) is 12.9. The van der Waals surface area contributed by atoms with Crippen molar-refractivity contribution in [3.05, 3.63) is 0 Å². The highest BCUT2D eigenvalue weighted by molar-refractivity contribution is 5.11. The summed E-state index contributed by atoms with van der Waals surface area (Å²) in [6, 6.07) is 1.08. The Bertz CT molecular complexity index is 308. The molecule has 0 spiro atoms. The smallest absolute Gasteiger partial charge is 0.0745 e. The van der Waals surface area contributed by atoms with Crippen LogP contribution in [0.5, 0.6) is 0 Å². The van der Waals surface area contributed by atoms with Crippen molar-refractivity contribution in [1.82, 2.24) is 5.32 Å². The Hall–Kier alpha value is -0.120. The summed E-state index contributed by atoms with van der Waals surface area (Å²) in [6.45, 7) is 2.94. The first-order valence-corrected chi connectivity index (χ1v) is 7.79. The van der Waals surface area contributed by atoms with Gasteiger partial charge in [0, 0.05) is 24.0 Å². The lowest BCUT2D eigenvalue weighted by molar-refractivity contribution is -0.111. The average Bonchev–Trinajstić information content (AvgIpc) is 2.94. The van der Waals surface area contributed by atoms with Gasteiger partial charge in [0.25, 0.3) is 0 Å². The number of fused-ring (bicyclic) bond motifs is 2. The predicted octanol–water partition coefficient (Wildman–Crippen LogP) is 1.79. The fourth-order valence-corrected chi connectivity index (χ4v) is 4.94. The molecule has 18 heavy (non-hydrogen) atoms. The molecule has 3 nitrogen and oxygen atoms in total. The minimum Gasteiger partial charge on any atom is -0.389 e. The summed E-state index contributed by atoms with van der Waals surface area (Å²) < 4.78 is 0. The Kier molecular flexibility index (Phi) is 3.20. The summed E-state index contributed by atoms with van der Waals surface area (Å²) >= 11 is 0. The minimum atomic E-state index is -0.497. The molecule has 104 valence electrons. The van der Waals surface area contributed by atoms with Crippen LogP contribution in [0, 0.1) is 11.3 Å². The summed E-state index contributed by atoms with van der Waals surface area (Å²) in [7, 11) is 0. The molecule has 0 aromatic carbocycles. The first-order valence-electron chi connectivity index (χ1n) is 7.79. The van der Waals surface area contributed by atoms with Crippen LogP contribution in [0.4, 0.5) is 0 Å². The van der Waals surface area contributed by atoms with Crippen molar-refractivity contribution in [1.29, 1.82) is 0 Å². The van der Waals surface area contributed by atoms with Gasteiger partial charge in [-0.05, 0) is 50.9 Å². The second kappa shape index (κ2) is 4.46. The van der Waals surface area contributed by atoms with E-state index in [2.05, 4.69) is 12.2 Å². The molecule has 0 radical (unpaired) electrons. The second-order valence-corrected chi connectivity index (χ2v) is 7.08. The van der Waals surface area contributed by atoms with E-state index < -0.39 is 5.60 Å². The Balaban J connectivity index is 1.82. The third-order valence-corrected chi connectivity index (χ3v) is 6.17. The maximum absolute atomic E-state index is 11.3. The number of rotatable bonds is 3. The van der Waals surface area contributed by atoms with E-state index in [9.17, 15) is 5.11 Å². The zero-order valence-electron chi connectivity index (χ0n) is 11.6. The van der Waals surface area contributed by atoms with E-state index in [4.69, 9.17) is 5.73 Å². The monoisotopic (exact) mass is 252 g/mol. The van der Waals surface area contributed by atoms with Crippen LogP contribution in [-0.2, 0) is 0 Å². The van der Waals surface area contributed by atoms with Crippen LogP contribution in [0.15, 0.2) is 0 Å². The Labute approximate surface area is 111 Å². The average molecular weight is 252 g/mol. The summed E-state index contributed by atoms with van der Waals surface area (Å²) in [5, 5.41) is 14.9. The molecule has 3 aliphatic rings. The number of piperidine rings is 1. The molecular weight excluding hydrogens is 224 g/mol. The Morgan fingerprint density at radius 3 is 2.33 bits per heavy atom. The van der Waals surface area contributed by atoms with E-state index in [-0.39, 0.29) is 5.41 Å². The van der Waals surface area contributed by atoms with Gasteiger partial charge in [-0.2, -0.15) is 0 Å². The van der Waals surface area contributed by atoms with Crippen LogP contribution < -0.4 is 11.1 Å². The van der Waals surface area contributed by atoms with Gasteiger partial charge in [-0.15, -0.1) is 0 Å². The fourth-order valence-electron chi connectivity index (χ4n) is 4.94. The van der Waals surface area contributed by atoms with Crippen molar-refractivity contribution in [2.24, 2.45) is 17.1 Å². The maximum Gasteiger partial charge on any atom is 0.0745 e. The van der Waals surface area contributed by atoms with Gasteiger partial charge in [-0.3, -0.25) is 0 Å². The summed E-state index contributed by atoms with van der Waals surface area (Å²) in [4.78, 5) is 0. The highest BCUT2D eigenvalue weighted by atomic mass is 16.3. The SMILES string of the molecule is CCC1CCC(CN)(C2(O)CC3CCC(C2)N3)C1. The normalized spacial score (nSPS) is 51.8. The van der Waals surface area contributed by atoms with E-state index in [1.807, 2.05) is 0 Å². The van der Waals surface area contributed by atoms with Crippen LogP contribution in [-0.4, -0.2) is 29.3 Å². The van der Waals surface area contributed by atoms with Crippen LogP contribution in [0.2, 0.25) is 0 Å². The Morgan fingerprint density at radius 1 is 1.17 bits per heavy atom. The molecule has 4 atom stereocenters. The van der Waals surface area contributed by atoms with Gasteiger partial charge in [0.05, 0.1) is 5.60 Å². The molecule has 3 rings (SSSR count). The zero-order valence-corrected chi connectivity index (χ0v) is 11.6. The van der Waals surface area contributed by atoms with Crippen molar-refractivity contribution in [3.63, 3.8) is 0 Å². The molecule has 1 saturated carbocycles. The molecule has 3 heteroatoms. The van der Waals surface area contributed by atoms with Gasteiger partial charge >= 0.3 is 0 Å². The van der Waals surface area contributed by atoms with Crippen molar-refractivity contribution in [3.8, 4) is 0 Å². The van der Waals surface area contributed by atoms with Crippen LogP contribution in [0.1, 0.15) is 58.3 Å². The molecule has 4 unspecified atom stereocenters. The maximum atomic E-state index is 11.3. The van der Waals surface area contributed by atoms with E-state index in [0.29, 0.717) is 18.6 Å². The minimum absolute atomic E-state index is 0.0105. The fraction of sp³-hybridized carbons (Fsp3) is 1.00. The molecule has 0 aromatic rings. The highest BCUT2D eigenvalue weighted by Gasteiger charge is 2.56. The number of nitrogens with one attached hydrogen (secondary N) is 1. The molecule has 2 heterocycles. The lowest BCUT2D eigenvalue weighted by atomic mass is 9.64. The number of hydrogen-bond donors (Lipinski definition) is 3. The molecule has 3 fully saturated rings. The first-order chi connectivity index (χ1) is 8.61. The molecule has 0 amide bonds. The Morgan fingerprint density at radius 2 is 1.83 bits per heavy atom. The zero-order chi connectivity index (χ0) is 12.8. The van der Waals surface area contributed by atoms with Crippen molar-refractivity contribution in [2.75, 3.05) is 6.54 Å². The van der Waals surface area contributed by atoms with E-state index in [1.54, 1.807) is 0 Å². The van der Waals surface area contributed by atoms with Gasteiger partial charge in [0.15, 0.2) is 0 Å². The molecule has 1 aliphatic carbocycles. The highest BCUT2D eigenvalue weighted by Crippen LogP contribution is 2.54. The molecule has 0 aromatic heterocycles. The third kappa shape index (κ3) is 1.83. The van der Waals surface area contributed by atoms with Crippen molar-refractivity contribution >= 4 is 0 Å². The lowest BCUT2D eigenvalue weighted by Crippen LogP contribution is -2.59.